The fourth-order valence-corrected chi connectivity index (χ4v) is 3.52. The highest BCUT2D eigenvalue weighted by atomic mass is 35.5. The smallest absolute Gasteiger partial charge is 0.242 e. The molecule has 1 aliphatic heterocycles. The highest BCUT2D eigenvalue weighted by molar-refractivity contribution is 5.86. The maximum atomic E-state index is 12.6. The lowest BCUT2D eigenvalue weighted by molar-refractivity contribution is -0.138. The number of nitrogens with zero attached hydrogens (tertiary/aromatic N) is 1. The third-order valence-corrected chi connectivity index (χ3v) is 4.97. The zero-order valence-electron chi connectivity index (χ0n) is 13.8. The van der Waals surface area contributed by atoms with Gasteiger partial charge in [-0.15, -0.1) is 12.4 Å². The molecule has 1 aromatic carbocycles. The number of piperidine rings is 1. The van der Waals surface area contributed by atoms with Crippen LogP contribution in [0.2, 0.25) is 0 Å². The van der Waals surface area contributed by atoms with Gasteiger partial charge in [-0.2, -0.15) is 0 Å². The van der Waals surface area contributed by atoms with E-state index in [0.29, 0.717) is 0 Å². The summed E-state index contributed by atoms with van der Waals surface area (Å²) in [5, 5.41) is 0. The fourth-order valence-electron chi connectivity index (χ4n) is 3.52. The van der Waals surface area contributed by atoms with Crippen LogP contribution < -0.4 is 10.5 Å². The molecule has 1 aliphatic carbocycles. The molecule has 0 aromatic heterocycles. The summed E-state index contributed by atoms with van der Waals surface area (Å²) < 4.78 is 6.02. The minimum atomic E-state index is -0.593. The van der Waals surface area contributed by atoms with E-state index in [9.17, 15) is 4.79 Å². The number of carbonyl (C=O) groups excluding carboxylic acids is 1. The molecule has 0 spiro atoms. The summed E-state index contributed by atoms with van der Waals surface area (Å²) in [4.78, 5) is 14.5. The summed E-state index contributed by atoms with van der Waals surface area (Å²) in [5.74, 6) is 1.07. The largest absolute Gasteiger partial charge is 0.490 e. The number of aryl methyl sites for hydroxylation is 1. The van der Waals surface area contributed by atoms with Gasteiger partial charge in [-0.1, -0.05) is 30.5 Å². The molecule has 0 atom stereocenters. The number of halogens is 1. The minimum Gasteiger partial charge on any atom is -0.490 e. The van der Waals surface area contributed by atoms with E-state index >= 15 is 0 Å². The SMILES string of the molecule is Cc1ccc(OC2CCN(C(=O)C3(N)CCCC3)CC2)cc1.Cl. The first-order valence-corrected chi connectivity index (χ1v) is 8.38. The van der Waals surface area contributed by atoms with E-state index in [1.54, 1.807) is 0 Å². The predicted octanol–water partition coefficient (Wildman–Crippen LogP) is 3.06. The van der Waals surface area contributed by atoms with Gasteiger partial charge in [0.25, 0.3) is 0 Å². The average Bonchev–Trinajstić information content (AvgIpc) is 2.98. The molecular weight excluding hydrogens is 312 g/mol. The molecule has 1 aromatic rings. The predicted molar refractivity (Wildman–Crippen MR) is 94.0 cm³/mol. The second-order valence-corrected chi connectivity index (χ2v) is 6.79. The number of hydrogen-bond donors (Lipinski definition) is 1. The van der Waals surface area contributed by atoms with Crippen LogP contribution in [0.4, 0.5) is 0 Å². The zero-order valence-corrected chi connectivity index (χ0v) is 14.6. The second kappa shape index (κ2) is 7.54. The molecular formula is C18H27ClN2O2. The monoisotopic (exact) mass is 338 g/mol. The van der Waals surface area contributed by atoms with Crippen LogP contribution in [0.25, 0.3) is 0 Å². The van der Waals surface area contributed by atoms with Crippen molar-refractivity contribution in [2.75, 3.05) is 13.1 Å². The van der Waals surface area contributed by atoms with E-state index in [0.717, 1.165) is 57.4 Å². The summed E-state index contributed by atoms with van der Waals surface area (Å²) in [7, 11) is 0. The zero-order chi connectivity index (χ0) is 15.6. The lowest BCUT2D eigenvalue weighted by Crippen LogP contribution is -2.56. The number of likely N-dealkylation sites (tertiary alicyclic amines) is 1. The van der Waals surface area contributed by atoms with Gasteiger partial charge in [0.05, 0.1) is 5.54 Å². The third kappa shape index (κ3) is 4.18. The number of nitrogens with two attached hydrogens (primary N) is 1. The van der Waals surface area contributed by atoms with Crippen LogP contribution in [0, 0.1) is 6.92 Å². The van der Waals surface area contributed by atoms with Gasteiger partial charge in [0.2, 0.25) is 5.91 Å². The molecule has 2 aliphatic rings. The maximum Gasteiger partial charge on any atom is 0.242 e. The summed E-state index contributed by atoms with van der Waals surface area (Å²) >= 11 is 0. The van der Waals surface area contributed by atoms with E-state index in [1.807, 2.05) is 17.0 Å². The lowest BCUT2D eigenvalue weighted by atomic mass is 9.95. The van der Waals surface area contributed by atoms with Crippen LogP contribution in [0.1, 0.15) is 44.1 Å². The number of carbonyl (C=O) groups is 1. The summed E-state index contributed by atoms with van der Waals surface area (Å²) in [5.41, 5.74) is 6.92. The Morgan fingerprint density at radius 1 is 1.17 bits per heavy atom. The van der Waals surface area contributed by atoms with Crippen LogP contribution in [0.5, 0.6) is 5.75 Å². The second-order valence-electron chi connectivity index (χ2n) is 6.79. The molecule has 4 nitrogen and oxygen atoms in total. The van der Waals surface area contributed by atoms with Gasteiger partial charge in [-0.3, -0.25) is 4.79 Å². The van der Waals surface area contributed by atoms with Crippen molar-refractivity contribution < 1.29 is 9.53 Å². The number of hydrogen-bond acceptors (Lipinski definition) is 3. The molecule has 2 fully saturated rings. The normalized spacial score (nSPS) is 20.9. The number of amides is 1. The Morgan fingerprint density at radius 2 is 1.74 bits per heavy atom. The Labute approximate surface area is 144 Å². The van der Waals surface area contributed by atoms with Crippen LogP contribution in [-0.2, 0) is 4.79 Å². The molecule has 1 saturated carbocycles. The van der Waals surface area contributed by atoms with Gasteiger partial charge in [0.15, 0.2) is 0 Å². The van der Waals surface area contributed by atoms with Gasteiger partial charge < -0.3 is 15.4 Å². The van der Waals surface area contributed by atoms with E-state index in [4.69, 9.17) is 10.5 Å². The van der Waals surface area contributed by atoms with Gasteiger partial charge in [-0.05, 0) is 31.9 Å². The molecule has 1 amide bonds. The molecule has 1 heterocycles. The van der Waals surface area contributed by atoms with Crippen molar-refractivity contribution >= 4 is 18.3 Å². The fraction of sp³-hybridized carbons (Fsp3) is 0.611. The quantitative estimate of drug-likeness (QED) is 0.921. The average molecular weight is 339 g/mol. The van der Waals surface area contributed by atoms with Crippen molar-refractivity contribution in [3.63, 3.8) is 0 Å². The topological polar surface area (TPSA) is 55.6 Å². The van der Waals surface area contributed by atoms with Crippen LogP contribution in [0.3, 0.4) is 0 Å². The molecule has 23 heavy (non-hydrogen) atoms. The van der Waals surface area contributed by atoms with Crippen molar-refractivity contribution in [2.45, 2.75) is 57.1 Å². The van der Waals surface area contributed by atoms with E-state index < -0.39 is 5.54 Å². The third-order valence-electron chi connectivity index (χ3n) is 4.97. The van der Waals surface area contributed by atoms with Gasteiger partial charge >= 0.3 is 0 Å². The van der Waals surface area contributed by atoms with Crippen LogP contribution >= 0.6 is 12.4 Å². The van der Waals surface area contributed by atoms with Crippen molar-refractivity contribution in [2.24, 2.45) is 5.73 Å². The molecule has 128 valence electrons. The molecule has 0 bridgehead atoms. The minimum absolute atomic E-state index is 0. The lowest BCUT2D eigenvalue weighted by Gasteiger charge is -2.36. The summed E-state index contributed by atoms with van der Waals surface area (Å²) in [6, 6.07) is 8.15. The first-order chi connectivity index (χ1) is 10.6. The highest BCUT2D eigenvalue weighted by Gasteiger charge is 2.40. The Bertz CT molecular complexity index is 518. The molecule has 0 unspecified atom stereocenters. The Morgan fingerprint density at radius 3 is 2.30 bits per heavy atom. The first-order valence-electron chi connectivity index (χ1n) is 8.38. The summed E-state index contributed by atoms with van der Waals surface area (Å²) in [6.07, 6.45) is 5.80. The standard InChI is InChI=1S/C18H26N2O2.ClH/c1-14-4-6-15(7-5-14)22-16-8-12-20(13-9-16)17(21)18(19)10-2-3-11-18;/h4-7,16H,2-3,8-13,19H2,1H3;1H. The van der Waals surface area contributed by atoms with Gasteiger partial charge in [-0.25, -0.2) is 0 Å². The Kier molecular flexibility index (Phi) is 5.93. The van der Waals surface area contributed by atoms with Crippen molar-refractivity contribution in [1.29, 1.82) is 0 Å². The Balaban J connectivity index is 0.00000192. The van der Waals surface area contributed by atoms with Crippen molar-refractivity contribution in [1.82, 2.24) is 4.90 Å². The number of benzene rings is 1. The van der Waals surface area contributed by atoms with Crippen molar-refractivity contribution in [3.05, 3.63) is 29.8 Å². The van der Waals surface area contributed by atoms with Crippen LogP contribution in [0.15, 0.2) is 24.3 Å². The first kappa shape index (κ1) is 18.1. The number of ether oxygens (including phenoxy) is 1. The highest BCUT2D eigenvalue weighted by Crippen LogP contribution is 2.30. The molecule has 5 heteroatoms. The number of rotatable bonds is 3. The van der Waals surface area contributed by atoms with Gasteiger partial charge in [0.1, 0.15) is 11.9 Å². The van der Waals surface area contributed by atoms with Gasteiger partial charge in [0, 0.05) is 25.9 Å². The van der Waals surface area contributed by atoms with E-state index in [2.05, 4.69) is 19.1 Å². The molecule has 1 saturated heterocycles. The molecule has 3 rings (SSSR count). The molecule has 0 radical (unpaired) electrons. The maximum absolute atomic E-state index is 12.6. The Hall–Kier alpha value is -1.26. The van der Waals surface area contributed by atoms with E-state index in [1.165, 1.54) is 5.56 Å². The van der Waals surface area contributed by atoms with E-state index in [-0.39, 0.29) is 24.4 Å². The van der Waals surface area contributed by atoms with Crippen molar-refractivity contribution in [3.8, 4) is 5.75 Å². The molecule has 2 N–H and O–H groups in total. The summed E-state index contributed by atoms with van der Waals surface area (Å²) in [6.45, 7) is 3.59. The van der Waals surface area contributed by atoms with Crippen LogP contribution in [-0.4, -0.2) is 35.5 Å².